The maximum Gasteiger partial charge on any atom is 0.260 e. The van der Waals surface area contributed by atoms with E-state index in [1.165, 1.54) is 35.8 Å². The van der Waals surface area contributed by atoms with Crippen LogP contribution in [0.25, 0.3) is 0 Å². The number of likely N-dealkylation sites (tertiary alicyclic amines) is 1. The van der Waals surface area contributed by atoms with Crippen LogP contribution in [0.4, 0.5) is 0 Å². The van der Waals surface area contributed by atoms with Crippen LogP contribution >= 0.6 is 0 Å². The third kappa shape index (κ3) is 4.95. The number of carbonyl (C=O) groups excluding carboxylic acids is 1. The summed E-state index contributed by atoms with van der Waals surface area (Å²) in [6.07, 6.45) is 7.58. The third-order valence-electron chi connectivity index (χ3n) is 5.85. The number of rotatable bonds is 8. The average molecular weight is 394 g/mol. The van der Waals surface area contributed by atoms with Gasteiger partial charge in [0, 0.05) is 38.2 Å². The van der Waals surface area contributed by atoms with Gasteiger partial charge in [0.15, 0.2) is 5.03 Å². The van der Waals surface area contributed by atoms with Crippen LogP contribution in [0.2, 0.25) is 0 Å². The van der Waals surface area contributed by atoms with E-state index in [1.807, 2.05) is 0 Å². The summed E-state index contributed by atoms with van der Waals surface area (Å²) >= 11 is 0. The van der Waals surface area contributed by atoms with Gasteiger partial charge in [0.25, 0.3) is 10.0 Å². The van der Waals surface area contributed by atoms with Gasteiger partial charge in [-0.05, 0) is 50.4 Å². The first kappa shape index (κ1) is 20.4. The van der Waals surface area contributed by atoms with Gasteiger partial charge in [0.2, 0.25) is 0 Å². The quantitative estimate of drug-likeness (QED) is 0.679. The predicted molar refractivity (Wildman–Crippen MR) is 105 cm³/mol. The summed E-state index contributed by atoms with van der Waals surface area (Å²) in [5, 5.41) is 0.0710. The zero-order valence-electron chi connectivity index (χ0n) is 16.2. The zero-order valence-corrected chi connectivity index (χ0v) is 17.0. The molecule has 0 amide bonds. The monoisotopic (exact) mass is 393 g/mol. The fraction of sp³-hybridized carbons (Fsp3) is 0.700. The molecule has 2 fully saturated rings. The first-order chi connectivity index (χ1) is 13.0. The minimum absolute atomic E-state index is 0.0710. The summed E-state index contributed by atoms with van der Waals surface area (Å²) in [7, 11) is -3.63. The van der Waals surface area contributed by atoms with E-state index in [0.717, 1.165) is 32.5 Å². The van der Waals surface area contributed by atoms with E-state index < -0.39 is 10.0 Å². The number of hydrogen-bond donors (Lipinski definition) is 0. The standard InChI is InChI=1S/C20H31N3O3S/c1-2-8-17-15-23(27(25,26)20-9-4-5-11-21-20)16-18(17)19(24)10-14-22-12-6-3-7-13-22/h4-5,9,11,17-18H,2-3,6-8,10,12-16H2,1H3/t17-,18?/m0/s1. The molecule has 0 bridgehead atoms. The van der Waals surface area contributed by atoms with Crippen LogP contribution in [0, 0.1) is 11.8 Å². The van der Waals surface area contributed by atoms with Crippen LogP contribution in [0.3, 0.4) is 0 Å². The largest absolute Gasteiger partial charge is 0.303 e. The molecule has 2 atom stereocenters. The molecule has 3 rings (SSSR count). The molecule has 0 N–H and O–H groups in total. The Kier molecular flexibility index (Phi) is 7.00. The van der Waals surface area contributed by atoms with Crippen LogP contribution in [-0.4, -0.2) is 61.1 Å². The molecule has 0 saturated carbocycles. The second kappa shape index (κ2) is 9.26. The smallest absolute Gasteiger partial charge is 0.260 e. The van der Waals surface area contributed by atoms with Gasteiger partial charge < -0.3 is 4.90 Å². The Morgan fingerprint density at radius 2 is 1.96 bits per heavy atom. The van der Waals surface area contributed by atoms with Crippen molar-refractivity contribution in [2.75, 3.05) is 32.7 Å². The number of pyridine rings is 1. The van der Waals surface area contributed by atoms with E-state index in [-0.39, 0.29) is 22.6 Å². The normalized spacial score (nSPS) is 24.9. The minimum atomic E-state index is -3.63. The van der Waals surface area contributed by atoms with Crippen molar-refractivity contribution in [2.24, 2.45) is 11.8 Å². The molecule has 6 nitrogen and oxygen atoms in total. The van der Waals surface area contributed by atoms with E-state index >= 15 is 0 Å². The van der Waals surface area contributed by atoms with Gasteiger partial charge in [-0.3, -0.25) is 4.79 Å². The number of carbonyl (C=O) groups is 1. The molecular weight excluding hydrogens is 362 g/mol. The van der Waals surface area contributed by atoms with Gasteiger partial charge in [-0.2, -0.15) is 4.31 Å². The van der Waals surface area contributed by atoms with E-state index in [0.29, 0.717) is 19.5 Å². The average Bonchev–Trinajstić information content (AvgIpc) is 3.13. The molecule has 0 aliphatic carbocycles. The molecule has 0 aromatic carbocycles. The minimum Gasteiger partial charge on any atom is -0.303 e. The molecule has 2 aliphatic heterocycles. The Bertz CT molecular complexity index is 717. The van der Waals surface area contributed by atoms with Crippen LogP contribution < -0.4 is 0 Å². The second-order valence-corrected chi connectivity index (χ2v) is 9.65. The summed E-state index contributed by atoms with van der Waals surface area (Å²) < 4.78 is 27.3. The van der Waals surface area contributed by atoms with Gasteiger partial charge in [-0.1, -0.05) is 25.8 Å². The van der Waals surface area contributed by atoms with Crippen molar-refractivity contribution >= 4 is 15.8 Å². The fourth-order valence-corrected chi connectivity index (χ4v) is 5.78. The van der Waals surface area contributed by atoms with Crippen LogP contribution in [-0.2, 0) is 14.8 Å². The van der Waals surface area contributed by atoms with E-state index in [4.69, 9.17) is 0 Å². The highest BCUT2D eigenvalue weighted by molar-refractivity contribution is 7.89. The van der Waals surface area contributed by atoms with Crippen molar-refractivity contribution in [1.29, 1.82) is 0 Å². The Labute approximate surface area is 163 Å². The van der Waals surface area contributed by atoms with Gasteiger partial charge in [0.1, 0.15) is 5.78 Å². The maximum absolute atomic E-state index is 12.9. The van der Waals surface area contributed by atoms with Crippen molar-refractivity contribution in [1.82, 2.24) is 14.2 Å². The number of nitrogens with zero attached hydrogens (tertiary/aromatic N) is 3. The Hall–Kier alpha value is -1.31. The lowest BCUT2D eigenvalue weighted by molar-refractivity contribution is -0.123. The second-order valence-electron chi connectivity index (χ2n) is 7.76. The molecule has 1 aromatic heterocycles. The van der Waals surface area contributed by atoms with E-state index in [1.54, 1.807) is 12.1 Å². The van der Waals surface area contributed by atoms with Crippen LogP contribution in [0.15, 0.2) is 29.4 Å². The lowest BCUT2D eigenvalue weighted by Gasteiger charge is -2.26. The number of piperidine rings is 1. The van der Waals surface area contributed by atoms with Crippen LogP contribution in [0.1, 0.15) is 45.4 Å². The summed E-state index contributed by atoms with van der Waals surface area (Å²) in [6.45, 7) is 5.77. The molecule has 0 spiro atoms. The lowest BCUT2D eigenvalue weighted by atomic mass is 9.87. The maximum atomic E-state index is 12.9. The van der Waals surface area contributed by atoms with E-state index in [9.17, 15) is 13.2 Å². The molecule has 1 unspecified atom stereocenters. The topological polar surface area (TPSA) is 70.6 Å². The third-order valence-corrected chi connectivity index (χ3v) is 7.59. The van der Waals surface area contributed by atoms with Gasteiger partial charge in [-0.15, -0.1) is 0 Å². The Balaban J connectivity index is 1.66. The Morgan fingerprint density at radius 1 is 1.19 bits per heavy atom. The van der Waals surface area contributed by atoms with Gasteiger partial charge in [0.05, 0.1) is 0 Å². The SMILES string of the molecule is CCC[C@H]1CN(S(=O)(=O)c2ccccn2)CC1C(=O)CCN1CCCCC1. The van der Waals surface area contributed by atoms with Gasteiger partial charge >= 0.3 is 0 Å². The first-order valence-corrected chi connectivity index (χ1v) is 11.6. The van der Waals surface area contributed by atoms with Gasteiger partial charge in [-0.25, -0.2) is 13.4 Å². The molecular formula is C20H31N3O3S. The van der Waals surface area contributed by atoms with Crippen molar-refractivity contribution in [3.8, 4) is 0 Å². The number of Topliss-reactive ketones (excluding diaryl/α,β-unsaturated/α-hetero) is 1. The summed E-state index contributed by atoms with van der Waals surface area (Å²) in [5.74, 6) is 0.147. The molecule has 27 heavy (non-hydrogen) atoms. The zero-order chi connectivity index (χ0) is 19.3. The highest BCUT2D eigenvalue weighted by Gasteiger charge is 2.42. The number of ketones is 1. The molecule has 3 heterocycles. The first-order valence-electron chi connectivity index (χ1n) is 10.2. The van der Waals surface area contributed by atoms with Crippen molar-refractivity contribution in [2.45, 2.75) is 50.5 Å². The highest BCUT2D eigenvalue weighted by Crippen LogP contribution is 2.32. The summed E-state index contributed by atoms with van der Waals surface area (Å²) in [6, 6.07) is 4.91. The molecule has 1 aromatic rings. The molecule has 150 valence electrons. The summed E-state index contributed by atoms with van der Waals surface area (Å²) in [4.78, 5) is 19.3. The molecule has 2 aliphatic rings. The molecule has 7 heteroatoms. The molecule has 0 radical (unpaired) electrons. The number of sulfonamides is 1. The fourth-order valence-electron chi connectivity index (χ4n) is 4.32. The van der Waals surface area contributed by atoms with Crippen molar-refractivity contribution in [3.05, 3.63) is 24.4 Å². The lowest BCUT2D eigenvalue weighted by Crippen LogP contribution is -2.34. The number of aromatic nitrogens is 1. The van der Waals surface area contributed by atoms with Crippen molar-refractivity contribution in [3.63, 3.8) is 0 Å². The van der Waals surface area contributed by atoms with Crippen molar-refractivity contribution < 1.29 is 13.2 Å². The highest BCUT2D eigenvalue weighted by atomic mass is 32.2. The molecule has 2 saturated heterocycles. The van der Waals surface area contributed by atoms with Crippen LogP contribution in [0.5, 0.6) is 0 Å². The van der Waals surface area contributed by atoms with E-state index in [2.05, 4.69) is 16.8 Å². The summed E-state index contributed by atoms with van der Waals surface area (Å²) in [5.41, 5.74) is 0. The number of hydrogen-bond acceptors (Lipinski definition) is 5. The predicted octanol–water partition coefficient (Wildman–Crippen LogP) is 2.56. The Morgan fingerprint density at radius 3 is 2.63 bits per heavy atom.